The first kappa shape index (κ1) is 12.8. The first-order chi connectivity index (χ1) is 9.58. The Balaban J connectivity index is 2.14. The summed E-state index contributed by atoms with van der Waals surface area (Å²) in [5.41, 5.74) is 2.94. The summed E-state index contributed by atoms with van der Waals surface area (Å²) in [6.45, 7) is 1.82. The number of anilines is 1. The molecule has 3 N–H and O–H groups in total. The van der Waals surface area contributed by atoms with E-state index in [0.29, 0.717) is 21.9 Å². The predicted octanol–water partition coefficient (Wildman–Crippen LogP) is 1.23. The smallest absolute Gasteiger partial charge is 0.308 e. The summed E-state index contributed by atoms with van der Waals surface area (Å²) < 4.78 is 20.5. The van der Waals surface area contributed by atoms with Crippen LogP contribution in [-0.4, -0.2) is 14.7 Å². The zero-order valence-corrected chi connectivity index (χ0v) is 11.2. The average molecular weight is 295 g/mol. The molecule has 0 spiro atoms. The van der Waals surface area contributed by atoms with Crippen LogP contribution >= 0.6 is 11.3 Å². The van der Waals surface area contributed by atoms with Crippen molar-refractivity contribution in [3.05, 3.63) is 39.3 Å². The highest BCUT2D eigenvalue weighted by Gasteiger charge is 2.14. The number of hydrogen-bond donors (Lipinski definition) is 2. The SMILES string of the molecule is Cc1nc(Cn2c(=O)sc3cc(F)c(NN)cc32)no1. The second-order valence-electron chi connectivity index (χ2n) is 4.13. The van der Waals surface area contributed by atoms with Crippen LogP contribution < -0.4 is 16.1 Å². The molecule has 0 atom stereocenters. The number of hydrogen-bond acceptors (Lipinski definition) is 7. The molecule has 0 aliphatic carbocycles. The molecule has 0 bridgehead atoms. The van der Waals surface area contributed by atoms with Gasteiger partial charge in [0.2, 0.25) is 5.89 Å². The third-order valence-corrected chi connectivity index (χ3v) is 3.72. The van der Waals surface area contributed by atoms with Gasteiger partial charge in [-0.1, -0.05) is 16.5 Å². The number of rotatable bonds is 3. The van der Waals surface area contributed by atoms with Crippen LogP contribution in [-0.2, 0) is 6.54 Å². The van der Waals surface area contributed by atoms with Gasteiger partial charge in [0.05, 0.1) is 22.4 Å². The molecule has 2 aromatic heterocycles. The van der Waals surface area contributed by atoms with Crippen molar-refractivity contribution in [3.8, 4) is 0 Å². The molecule has 104 valence electrons. The van der Waals surface area contributed by atoms with Crippen LogP contribution in [0.2, 0.25) is 0 Å². The number of thiazole rings is 1. The number of aryl methyl sites for hydroxylation is 1. The van der Waals surface area contributed by atoms with E-state index in [0.717, 1.165) is 11.3 Å². The lowest BCUT2D eigenvalue weighted by atomic mass is 10.3. The average Bonchev–Trinajstić information content (AvgIpc) is 2.94. The molecule has 20 heavy (non-hydrogen) atoms. The van der Waals surface area contributed by atoms with Crippen LogP contribution in [0, 0.1) is 12.7 Å². The molecule has 0 saturated carbocycles. The first-order valence-electron chi connectivity index (χ1n) is 5.67. The van der Waals surface area contributed by atoms with Crippen LogP contribution in [0.4, 0.5) is 10.1 Å². The fourth-order valence-electron chi connectivity index (χ4n) is 1.89. The first-order valence-corrected chi connectivity index (χ1v) is 6.49. The van der Waals surface area contributed by atoms with Crippen molar-refractivity contribution in [2.75, 3.05) is 5.43 Å². The van der Waals surface area contributed by atoms with Gasteiger partial charge in [-0.15, -0.1) is 0 Å². The van der Waals surface area contributed by atoms with Crippen molar-refractivity contribution in [3.63, 3.8) is 0 Å². The van der Waals surface area contributed by atoms with Crippen LogP contribution in [0.15, 0.2) is 21.5 Å². The number of fused-ring (bicyclic) bond motifs is 1. The van der Waals surface area contributed by atoms with Crippen molar-refractivity contribution < 1.29 is 8.91 Å². The Labute approximate surface area is 115 Å². The second kappa shape index (κ2) is 4.69. The van der Waals surface area contributed by atoms with Crippen molar-refractivity contribution in [2.24, 2.45) is 5.84 Å². The van der Waals surface area contributed by atoms with E-state index < -0.39 is 5.82 Å². The maximum Gasteiger partial charge on any atom is 0.308 e. The Hall–Kier alpha value is -2.26. The Kier molecular flexibility index (Phi) is 2.99. The molecule has 7 nitrogen and oxygen atoms in total. The van der Waals surface area contributed by atoms with Crippen LogP contribution in [0.1, 0.15) is 11.7 Å². The highest BCUT2D eigenvalue weighted by Crippen LogP contribution is 2.24. The Morgan fingerprint density at radius 3 is 3.00 bits per heavy atom. The summed E-state index contributed by atoms with van der Waals surface area (Å²) in [5, 5.41) is 3.74. The summed E-state index contributed by atoms with van der Waals surface area (Å²) in [6.07, 6.45) is 0. The minimum absolute atomic E-state index is 0.119. The third-order valence-electron chi connectivity index (χ3n) is 2.78. The molecule has 1 aromatic carbocycles. The van der Waals surface area contributed by atoms with E-state index in [1.54, 1.807) is 6.92 Å². The molecule has 3 aromatic rings. The lowest BCUT2D eigenvalue weighted by Crippen LogP contribution is -2.15. The van der Waals surface area contributed by atoms with Gasteiger partial charge in [-0.3, -0.25) is 15.2 Å². The van der Waals surface area contributed by atoms with Crippen LogP contribution in [0.3, 0.4) is 0 Å². The summed E-state index contributed by atoms with van der Waals surface area (Å²) in [4.78, 5) is 15.8. The normalized spacial score (nSPS) is 11.2. The maximum atomic E-state index is 13.6. The van der Waals surface area contributed by atoms with E-state index in [9.17, 15) is 9.18 Å². The van der Waals surface area contributed by atoms with Gasteiger partial charge in [-0.05, 0) is 12.1 Å². The van der Waals surface area contributed by atoms with E-state index in [1.165, 1.54) is 16.7 Å². The van der Waals surface area contributed by atoms with E-state index in [2.05, 4.69) is 15.6 Å². The fourth-order valence-corrected chi connectivity index (χ4v) is 2.79. The van der Waals surface area contributed by atoms with E-state index in [4.69, 9.17) is 10.4 Å². The third kappa shape index (κ3) is 2.06. The topological polar surface area (TPSA) is 99.0 Å². The van der Waals surface area contributed by atoms with Gasteiger partial charge < -0.3 is 9.95 Å². The molecule has 0 aliphatic rings. The predicted molar refractivity (Wildman–Crippen MR) is 72.0 cm³/mol. The monoisotopic (exact) mass is 295 g/mol. The van der Waals surface area contributed by atoms with E-state index in [-0.39, 0.29) is 17.1 Å². The fraction of sp³-hybridized carbons (Fsp3) is 0.182. The van der Waals surface area contributed by atoms with E-state index in [1.807, 2.05) is 0 Å². The molecule has 0 fully saturated rings. The van der Waals surface area contributed by atoms with Crippen molar-refractivity contribution in [2.45, 2.75) is 13.5 Å². The molecule has 0 radical (unpaired) electrons. The number of benzene rings is 1. The highest BCUT2D eigenvalue weighted by atomic mass is 32.1. The Bertz CT molecular complexity index is 837. The van der Waals surface area contributed by atoms with Crippen molar-refractivity contribution in [1.29, 1.82) is 0 Å². The standard InChI is InChI=1S/C11H10FN5O2S/c1-5-14-10(16-19-5)4-17-8-3-7(15-13)6(12)2-9(8)20-11(17)18/h2-3,15H,4,13H2,1H3. The Morgan fingerprint density at radius 2 is 2.35 bits per heavy atom. The van der Waals surface area contributed by atoms with E-state index >= 15 is 0 Å². The van der Waals surface area contributed by atoms with Crippen molar-refractivity contribution in [1.82, 2.24) is 14.7 Å². The summed E-state index contributed by atoms with van der Waals surface area (Å²) in [7, 11) is 0. The highest BCUT2D eigenvalue weighted by molar-refractivity contribution is 7.16. The van der Waals surface area contributed by atoms with Gasteiger partial charge in [-0.2, -0.15) is 4.98 Å². The summed E-state index contributed by atoms with van der Waals surface area (Å²) >= 11 is 0.951. The quantitative estimate of drug-likeness (QED) is 0.557. The number of hydrazine groups is 1. The number of nitrogen functional groups attached to an aromatic ring is 1. The molecule has 2 heterocycles. The molecule has 0 saturated heterocycles. The largest absolute Gasteiger partial charge is 0.340 e. The van der Waals surface area contributed by atoms with Crippen molar-refractivity contribution >= 4 is 27.2 Å². The number of nitrogens with zero attached hydrogens (tertiary/aromatic N) is 3. The van der Waals surface area contributed by atoms with Gasteiger partial charge in [0.25, 0.3) is 0 Å². The molecular weight excluding hydrogens is 285 g/mol. The van der Waals surface area contributed by atoms with Gasteiger partial charge >= 0.3 is 4.87 Å². The zero-order valence-electron chi connectivity index (χ0n) is 10.4. The van der Waals surface area contributed by atoms with Gasteiger partial charge in [0.15, 0.2) is 5.82 Å². The van der Waals surface area contributed by atoms with Crippen LogP contribution in [0.25, 0.3) is 10.2 Å². The number of nitrogens with two attached hydrogens (primary N) is 1. The second-order valence-corrected chi connectivity index (χ2v) is 5.12. The molecule has 9 heteroatoms. The molecule has 3 rings (SSSR count). The number of halogens is 1. The van der Waals surface area contributed by atoms with Gasteiger partial charge in [-0.25, -0.2) is 4.39 Å². The minimum Gasteiger partial charge on any atom is -0.340 e. The molecule has 0 unspecified atom stereocenters. The van der Waals surface area contributed by atoms with Gasteiger partial charge in [0.1, 0.15) is 5.82 Å². The molecular formula is C11H10FN5O2S. The van der Waals surface area contributed by atoms with Crippen LogP contribution in [0.5, 0.6) is 0 Å². The lowest BCUT2D eigenvalue weighted by Gasteiger charge is -2.04. The minimum atomic E-state index is -0.510. The maximum absolute atomic E-state index is 13.6. The summed E-state index contributed by atoms with van der Waals surface area (Å²) in [6, 6.07) is 2.75. The molecule has 0 aliphatic heterocycles. The number of nitrogens with one attached hydrogen (secondary N) is 1. The van der Waals surface area contributed by atoms with Gasteiger partial charge in [0, 0.05) is 6.92 Å². The number of aromatic nitrogens is 3. The molecule has 0 amide bonds. The lowest BCUT2D eigenvalue weighted by molar-refractivity contribution is 0.386. The zero-order chi connectivity index (χ0) is 14.3. The summed E-state index contributed by atoms with van der Waals surface area (Å²) in [5.74, 6) is 5.53. The Morgan fingerprint density at radius 1 is 1.55 bits per heavy atom.